The van der Waals surface area contributed by atoms with Gasteiger partial charge in [-0.2, -0.15) is 0 Å². The van der Waals surface area contributed by atoms with Crippen LogP contribution >= 0.6 is 0 Å². The number of carbonyl (C=O) groups is 1. The van der Waals surface area contributed by atoms with Gasteiger partial charge in [-0.15, -0.1) is 0 Å². The molecular weight excluding hydrogens is 334 g/mol. The molecule has 0 spiro atoms. The quantitative estimate of drug-likeness (QED) is 0.329. The van der Waals surface area contributed by atoms with Crippen molar-refractivity contribution in [2.75, 3.05) is 59.4 Å². The maximum absolute atomic E-state index is 11.5. The molecule has 0 saturated carbocycles. The maximum Gasteiger partial charge on any atom is 0.245 e. The molecule has 26 heavy (non-hydrogen) atoms. The van der Waals surface area contributed by atoms with Crippen LogP contribution in [0.1, 0.15) is 60.7 Å². The number of unbranched alkanes of at least 4 members (excludes halogenated alkanes) is 3. The standard InChI is InChI=1S/C20H41NO5.H2/c1-4-5-6-7-11-23-12-13-24-14-15-25-16-17-26-18-20(22)21-10-8-9-19(2)3;/h19H,4-18H2,1-3H3,(H,21,22);1H. The number of ether oxygens (including phenoxy) is 4. The molecule has 6 nitrogen and oxygen atoms in total. The predicted molar refractivity (Wildman–Crippen MR) is 107 cm³/mol. The molecule has 0 bridgehead atoms. The van der Waals surface area contributed by atoms with Gasteiger partial charge in [-0.05, 0) is 25.2 Å². The molecule has 0 saturated heterocycles. The molecule has 0 aromatic heterocycles. The van der Waals surface area contributed by atoms with Crippen molar-refractivity contribution < 1.29 is 25.2 Å². The Morgan fingerprint density at radius 3 is 1.96 bits per heavy atom. The van der Waals surface area contributed by atoms with Gasteiger partial charge in [0.15, 0.2) is 0 Å². The summed E-state index contributed by atoms with van der Waals surface area (Å²) in [5.41, 5.74) is 0. The predicted octanol–water partition coefficient (Wildman–Crippen LogP) is 3.43. The zero-order chi connectivity index (χ0) is 19.3. The van der Waals surface area contributed by atoms with Gasteiger partial charge in [-0.25, -0.2) is 0 Å². The molecule has 158 valence electrons. The fourth-order valence-corrected chi connectivity index (χ4v) is 2.24. The second-order valence-corrected chi connectivity index (χ2v) is 6.84. The highest BCUT2D eigenvalue weighted by Gasteiger charge is 2.01. The first kappa shape index (κ1) is 25.3. The van der Waals surface area contributed by atoms with E-state index in [-0.39, 0.29) is 13.9 Å². The van der Waals surface area contributed by atoms with Crippen molar-refractivity contribution in [2.24, 2.45) is 5.92 Å². The molecule has 0 aliphatic rings. The summed E-state index contributed by atoms with van der Waals surface area (Å²) in [5.74, 6) is 0.610. The minimum absolute atomic E-state index is 0. The van der Waals surface area contributed by atoms with Crippen molar-refractivity contribution in [1.82, 2.24) is 5.32 Å². The lowest BCUT2D eigenvalue weighted by molar-refractivity contribution is -0.126. The van der Waals surface area contributed by atoms with Gasteiger partial charge in [0.25, 0.3) is 0 Å². The SMILES string of the molecule is CCCCCCOCCOCCOCCOCC(=O)NCCCC(C)C.[HH]. The minimum atomic E-state index is -0.0632. The number of carbonyl (C=O) groups excluding carboxylic acids is 1. The molecule has 1 N–H and O–H groups in total. The molecule has 0 aromatic carbocycles. The van der Waals surface area contributed by atoms with Crippen LogP contribution in [0.4, 0.5) is 0 Å². The fraction of sp³-hybridized carbons (Fsp3) is 0.950. The van der Waals surface area contributed by atoms with Gasteiger partial charge in [0.2, 0.25) is 5.91 Å². The molecule has 6 heteroatoms. The second kappa shape index (κ2) is 20.6. The van der Waals surface area contributed by atoms with Crippen molar-refractivity contribution in [2.45, 2.75) is 59.3 Å². The monoisotopic (exact) mass is 377 g/mol. The van der Waals surface area contributed by atoms with Gasteiger partial charge >= 0.3 is 0 Å². The Bertz CT molecular complexity index is 306. The number of amides is 1. The van der Waals surface area contributed by atoms with Crippen LogP contribution in [-0.4, -0.2) is 65.3 Å². The molecule has 0 radical (unpaired) electrons. The maximum atomic E-state index is 11.5. The van der Waals surface area contributed by atoms with E-state index >= 15 is 0 Å². The highest BCUT2D eigenvalue weighted by atomic mass is 16.6. The summed E-state index contributed by atoms with van der Waals surface area (Å²) in [6, 6.07) is 0. The van der Waals surface area contributed by atoms with Crippen LogP contribution in [0.3, 0.4) is 0 Å². The lowest BCUT2D eigenvalue weighted by Gasteiger charge is -2.08. The van der Waals surface area contributed by atoms with E-state index in [1.165, 1.54) is 19.3 Å². The smallest absolute Gasteiger partial charge is 0.245 e. The van der Waals surface area contributed by atoms with Crippen molar-refractivity contribution >= 4 is 5.91 Å². The largest absolute Gasteiger partial charge is 0.379 e. The van der Waals surface area contributed by atoms with Crippen LogP contribution in [0.15, 0.2) is 0 Å². The Balaban J connectivity index is 0. The van der Waals surface area contributed by atoms with E-state index in [2.05, 4.69) is 26.1 Å². The third-order valence-corrected chi connectivity index (χ3v) is 3.77. The third kappa shape index (κ3) is 21.4. The zero-order valence-corrected chi connectivity index (χ0v) is 17.2. The van der Waals surface area contributed by atoms with Crippen LogP contribution in [0.2, 0.25) is 0 Å². The first-order valence-electron chi connectivity index (χ1n) is 10.2. The van der Waals surface area contributed by atoms with E-state index in [0.29, 0.717) is 45.6 Å². The average Bonchev–Trinajstić information content (AvgIpc) is 2.62. The van der Waals surface area contributed by atoms with Crippen LogP contribution in [-0.2, 0) is 23.7 Å². The number of hydrogen-bond acceptors (Lipinski definition) is 5. The Morgan fingerprint density at radius 2 is 1.38 bits per heavy atom. The van der Waals surface area contributed by atoms with Crippen molar-refractivity contribution in [1.29, 1.82) is 0 Å². The van der Waals surface area contributed by atoms with Crippen LogP contribution in [0.5, 0.6) is 0 Å². The molecule has 0 aliphatic carbocycles. The van der Waals surface area contributed by atoms with E-state index in [1.54, 1.807) is 0 Å². The van der Waals surface area contributed by atoms with Gasteiger partial charge in [0, 0.05) is 14.6 Å². The highest BCUT2D eigenvalue weighted by Crippen LogP contribution is 2.01. The minimum Gasteiger partial charge on any atom is -0.379 e. The topological polar surface area (TPSA) is 66.0 Å². The fourth-order valence-electron chi connectivity index (χ4n) is 2.24. The van der Waals surface area contributed by atoms with Crippen molar-refractivity contribution in [3.05, 3.63) is 0 Å². The van der Waals surface area contributed by atoms with Crippen LogP contribution < -0.4 is 5.32 Å². The summed E-state index contributed by atoms with van der Waals surface area (Å²) >= 11 is 0. The number of rotatable bonds is 20. The first-order valence-corrected chi connectivity index (χ1v) is 10.2. The molecule has 0 unspecified atom stereocenters. The van der Waals surface area contributed by atoms with E-state index in [0.717, 1.165) is 32.4 Å². The molecule has 0 rings (SSSR count). The summed E-state index contributed by atoms with van der Waals surface area (Å²) in [5, 5.41) is 2.85. The van der Waals surface area contributed by atoms with Gasteiger partial charge < -0.3 is 24.3 Å². The normalized spacial score (nSPS) is 11.2. The summed E-state index contributed by atoms with van der Waals surface area (Å²) in [6.07, 6.45) is 7.04. The summed E-state index contributed by atoms with van der Waals surface area (Å²) < 4.78 is 21.6. The van der Waals surface area contributed by atoms with Gasteiger partial charge in [0.05, 0.1) is 39.6 Å². The summed E-state index contributed by atoms with van der Waals surface area (Å²) in [7, 11) is 0. The van der Waals surface area contributed by atoms with Gasteiger partial charge in [-0.3, -0.25) is 4.79 Å². The Morgan fingerprint density at radius 1 is 0.808 bits per heavy atom. The van der Waals surface area contributed by atoms with E-state index in [9.17, 15) is 4.79 Å². The lowest BCUT2D eigenvalue weighted by Crippen LogP contribution is -2.29. The molecule has 0 aliphatic heterocycles. The molecule has 0 aromatic rings. The zero-order valence-electron chi connectivity index (χ0n) is 17.2. The van der Waals surface area contributed by atoms with Gasteiger partial charge in [0.1, 0.15) is 6.61 Å². The molecule has 0 fully saturated rings. The first-order chi connectivity index (χ1) is 12.7. The van der Waals surface area contributed by atoms with E-state index < -0.39 is 0 Å². The van der Waals surface area contributed by atoms with Crippen molar-refractivity contribution in [3.8, 4) is 0 Å². The van der Waals surface area contributed by atoms with Crippen molar-refractivity contribution in [3.63, 3.8) is 0 Å². The van der Waals surface area contributed by atoms with E-state index in [1.807, 2.05) is 0 Å². The summed E-state index contributed by atoms with van der Waals surface area (Å²) in [6.45, 7) is 11.4. The van der Waals surface area contributed by atoms with Gasteiger partial charge in [-0.1, -0.05) is 40.0 Å². The Hall–Kier alpha value is -0.690. The number of hydrogen-bond donors (Lipinski definition) is 1. The van der Waals surface area contributed by atoms with Crippen LogP contribution in [0, 0.1) is 5.92 Å². The Kier molecular flexibility index (Phi) is 20.1. The molecule has 0 atom stereocenters. The average molecular weight is 378 g/mol. The lowest BCUT2D eigenvalue weighted by atomic mass is 10.1. The molecule has 0 heterocycles. The van der Waals surface area contributed by atoms with Crippen LogP contribution in [0.25, 0.3) is 0 Å². The number of nitrogens with one attached hydrogen (secondary N) is 1. The summed E-state index contributed by atoms with van der Waals surface area (Å²) in [4.78, 5) is 11.5. The Labute approximate surface area is 161 Å². The van der Waals surface area contributed by atoms with E-state index in [4.69, 9.17) is 18.9 Å². The molecule has 1 amide bonds. The highest BCUT2D eigenvalue weighted by molar-refractivity contribution is 5.77. The molecular formula is C20H43NO5. The third-order valence-electron chi connectivity index (χ3n) is 3.77. The second-order valence-electron chi connectivity index (χ2n) is 6.84.